The molecule has 78 valence electrons. The van der Waals surface area contributed by atoms with Crippen LogP contribution in [-0.2, 0) is 0 Å². The van der Waals surface area contributed by atoms with Gasteiger partial charge < -0.3 is 5.11 Å². The average molecular weight is 275 g/mol. The van der Waals surface area contributed by atoms with E-state index in [0.29, 0.717) is 5.92 Å². The van der Waals surface area contributed by atoms with Crippen molar-refractivity contribution in [3.63, 3.8) is 0 Å². The quantitative estimate of drug-likeness (QED) is 0.887. The summed E-state index contributed by atoms with van der Waals surface area (Å²) >= 11 is 5.21. The lowest BCUT2D eigenvalue weighted by Gasteiger charge is -2.08. The van der Waals surface area contributed by atoms with E-state index in [1.807, 2.05) is 0 Å². The van der Waals surface area contributed by atoms with Crippen LogP contribution in [0.25, 0.3) is 0 Å². The van der Waals surface area contributed by atoms with Crippen molar-refractivity contribution in [1.29, 1.82) is 0 Å². The van der Waals surface area contributed by atoms with E-state index in [2.05, 4.69) is 35.8 Å². The minimum absolute atomic E-state index is 0.243. The highest BCUT2D eigenvalue weighted by atomic mass is 79.9. The maximum absolute atomic E-state index is 10.1. The molecule has 1 nitrogen and oxygen atoms in total. The molecule has 1 aromatic heterocycles. The first-order chi connectivity index (χ1) is 6.63. The molecule has 1 saturated carbocycles. The standard InChI is InChI=1S/C11H15BrOS/c1-3-7-5-8(7)10(13)11-9(12)4-6(2)14-11/h4,7-8,10,13H,3,5H2,1-2H3/t7-,8-,10?/m1/s1. The molecule has 0 spiro atoms. The summed E-state index contributed by atoms with van der Waals surface area (Å²) in [5.74, 6) is 1.26. The second-order valence-corrected chi connectivity index (χ2v) is 6.22. The predicted octanol–water partition coefficient (Wildman–Crippen LogP) is 3.90. The van der Waals surface area contributed by atoms with Gasteiger partial charge in [0.05, 0.1) is 6.10 Å². The number of aliphatic hydroxyl groups is 1. The third-order valence-electron chi connectivity index (χ3n) is 3.01. The number of rotatable bonds is 3. The molecule has 1 aromatic rings. The fourth-order valence-corrected chi connectivity index (χ4v) is 3.97. The largest absolute Gasteiger partial charge is 0.387 e. The van der Waals surface area contributed by atoms with E-state index in [-0.39, 0.29) is 6.10 Å². The van der Waals surface area contributed by atoms with E-state index >= 15 is 0 Å². The van der Waals surface area contributed by atoms with Crippen molar-refractivity contribution in [2.45, 2.75) is 32.8 Å². The summed E-state index contributed by atoms with van der Waals surface area (Å²) in [5, 5.41) is 10.1. The summed E-state index contributed by atoms with van der Waals surface area (Å²) in [6.07, 6.45) is 2.15. The van der Waals surface area contributed by atoms with Crippen LogP contribution in [0.5, 0.6) is 0 Å². The number of thiophene rings is 1. The molecule has 1 heterocycles. The molecule has 0 amide bonds. The van der Waals surface area contributed by atoms with Crippen molar-refractivity contribution in [3.8, 4) is 0 Å². The van der Waals surface area contributed by atoms with Crippen LogP contribution in [0.4, 0.5) is 0 Å². The van der Waals surface area contributed by atoms with Gasteiger partial charge in [0.25, 0.3) is 0 Å². The van der Waals surface area contributed by atoms with Crippen molar-refractivity contribution in [1.82, 2.24) is 0 Å². The van der Waals surface area contributed by atoms with Crippen LogP contribution in [0.3, 0.4) is 0 Å². The summed E-state index contributed by atoms with van der Waals surface area (Å²) in [4.78, 5) is 2.38. The minimum Gasteiger partial charge on any atom is -0.387 e. The molecular weight excluding hydrogens is 260 g/mol. The summed E-state index contributed by atoms with van der Waals surface area (Å²) in [6, 6.07) is 2.09. The molecule has 1 fully saturated rings. The molecular formula is C11H15BrOS. The van der Waals surface area contributed by atoms with Crippen LogP contribution in [-0.4, -0.2) is 5.11 Å². The SMILES string of the molecule is CC[C@@H]1C[C@H]1C(O)c1sc(C)cc1Br. The number of aryl methyl sites for hydroxylation is 1. The Morgan fingerprint density at radius 1 is 1.71 bits per heavy atom. The van der Waals surface area contributed by atoms with Gasteiger partial charge in [0.15, 0.2) is 0 Å². The van der Waals surface area contributed by atoms with Gasteiger partial charge in [0.2, 0.25) is 0 Å². The monoisotopic (exact) mass is 274 g/mol. The Morgan fingerprint density at radius 3 is 2.86 bits per heavy atom. The lowest BCUT2D eigenvalue weighted by Crippen LogP contribution is -1.99. The molecule has 1 N–H and O–H groups in total. The highest BCUT2D eigenvalue weighted by molar-refractivity contribution is 9.10. The molecule has 14 heavy (non-hydrogen) atoms. The Kier molecular flexibility index (Phi) is 3.01. The van der Waals surface area contributed by atoms with Gasteiger partial charge in [-0.1, -0.05) is 13.3 Å². The van der Waals surface area contributed by atoms with Gasteiger partial charge in [-0.15, -0.1) is 11.3 Å². The summed E-state index contributed by atoms with van der Waals surface area (Å²) in [7, 11) is 0. The first-order valence-electron chi connectivity index (χ1n) is 5.07. The zero-order valence-electron chi connectivity index (χ0n) is 8.46. The molecule has 1 aliphatic carbocycles. The Hall–Kier alpha value is 0.140. The number of hydrogen-bond donors (Lipinski definition) is 1. The fourth-order valence-electron chi connectivity index (χ4n) is 2.02. The van der Waals surface area contributed by atoms with E-state index in [9.17, 15) is 5.11 Å². The Bertz CT molecular complexity index is 334. The molecule has 3 heteroatoms. The molecule has 0 saturated heterocycles. The van der Waals surface area contributed by atoms with Gasteiger partial charge in [-0.2, -0.15) is 0 Å². The van der Waals surface area contributed by atoms with Crippen LogP contribution in [0, 0.1) is 18.8 Å². The Balaban J connectivity index is 2.12. The first kappa shape index (κ1) is 10.7. The van der Waals surface area contributed by atoms with Crippen LogP contribution in [0.2, 0.25) is 0 Å². The average Bonchev–Trinajstić information content (AvgIpc) is 2.85. The molecule has 0 bridgehead atoms. The van der Waals surface area contributed by atoms with Crippen molar-refractivity contribution in [2.24, 2.45) is 11.8 Å². The van der Waals surface area contributed by atoms with Crippen LogP contribution < -0.4 is 0 Å². The summed E-state index contributed by atoms with van der Waals surface area (Å²) in [6.45, 7) is 4.28. The summed E-state index contributed by atoms with van der Waals surface area (Å²) in [5.41, 5.74) is 0. The van der Waals surface area contributed by atoms with Gasteiger partial charge in [0, 0.05) is 14.2 Å². The first-order valence-corrected chi connectivity index (χ1v) is 6.68. The predicted molar refractivity (Wildman–Crippen MR) is 63.6 cm³/mol. The number of hydrogen-bond acceptors (Lipinski definition) is 2. The molecule has 2 rings (SSSR count). The van der Waals surface area contributed by atoms with Gasteiger partial charge >= 0.3 is 0 Å². The maximum atomic E-state index is 10.1. The van der Waals surface area contributed by atoms with Gasteiger partial charge in [0.1, 0.15) is 0 Å². The van der Waals surface area contributed by atoms with Gasteiger partial charge in [-0.25, -0.2) is 0 Å². The zero-order valence-corrected chi connectivity index (χ0v) is 10.9. The van der Waals surface area contributed by atoms with Crippen molar-refractivity contribution < 1.29 is 5.11 Å². The maximum Gasteiger partial charge on any atom is 0.0924 e. The smallest absolute Gasteiger partial charge is 0.0924 e. The normalized spacial score (nSPS) is 27.7. The lowest BCUT2D eigenvalue weighted by molar-refractivity contribution is 0.149. The number of halogens is 1. The van der Waals surface area contributed by atoms with Gasteiger partial charge in [-0.3, -0.25) is 0 Å². The minimum atomic E-state index is -0.243. The van der Waals surface area contributed by atoms with E-state index in [1.165, 1.54) is 17.7 Å². The van der Waals surface area contributed by atoms with Crippen molar-refractivity contribution in [3.05, 3.63) is 20.3 Å². The lowest BCUT2D eigenvalue weighted by atomic mass is 10.1. The highest BCUT2D eigenvalue weighted by Crippen LogP contribution is 2.51. The van der Waals surface area contributed by atoms with E-state index < -0.39 is 0 Å². The second-order valence-electron chi connectivity index (χ2n) is 4.08. The van der Waals surface area contributed by atoms with E-state index in [4.69, 9.17) is 0 Å². The molecule has 0 aromatic carbocycles. The summed E-state index contributed by atoms with van der Waals surface area (Å²) < 4.78 is 1.08. The molecule has 1 aliphatic rings. The van der Waals surface area contributed by atoms with Crippen LogP contribution >= 0.6 is 27.3 Å². The van der Waals surface area contributed by atoms with Crippen LogP contribution in [0.15, 0.2) is 10.5 Å². The van der Waals surface area contributed by atoms with Crippen LogP contribution in [0.1, 0.15) is 35.6 Å². The highest BCUT2D eigenvalue weighted by Gasteiger charge is 2.42. The topological polar surface area (TPSA) is 20.2 Å². The van der Waals surface area contributed by atoms with Crippen molar-refractivity contribution in [2.75, 3.05) is 0 Å². The molecule has 1 unspecified atom stereocenters. The van der Waals surface area contributed by atoms with E-state index in [0.717, 1.165) is 15.3 Å². The van der Waals surface area contributed by atoms with Crippen molar-refractivity contribution >= 4 is 27.3 Å². The van der Waals surface area contributed by atoms with E-state index in [1.54, 1.807) is 11.3 Å². The third kappa shape index (κ3) is 1.90. The second kappa shape index (κ2) is 3.95. The third-order valence-corrected chi connectivity index (χ3v) is 5.05. The van der Waals surface area contributed by atoms with Gasteiger partial charge in [-0.05, 0) is 47.2 Å². The molecule has 0 radical (unpaired) electrons. The Labute approximate surface area is 97.3 Å². The Morgan fingerprint density at radius 2 is 2.43 bits per heavy atom. The zero-order chi connectivity index (χ0) is 10.3. The number of aliphatic hydroxyl groups excluding tert-OH is 1. The molecule has 0 aliphatic heterocycles. The fraction of sp³-hybridized carbons (Fsp3) is 0.636. The molecule has 3 atom stereocenters.